The van der Waals surface area contributed by atoms with Crippen molar-refractivity contribution in [2.45, 2.75) is 69.7 Å². The molecule has 2 aliphatic heterocycles. The fourth-order valence-corrected chi connectivity index (χ4v) is 5.48. The van der Waals surface area contributed by atoms with Crippen LogP contribution in [-0.2, 0) is 32.0 Å². The van der Waals surface area contributed by atoms with E-state index in [1.807, 2.05) is 0 Å². The lowest BCUT2D eigenvalue weighted by molar-refractivity contribution is -0.273. The Labute approximate surface area is 191 Å². The number of phosphoric ester groups is 2. The van der Waals surface area contributed by atoms with Crippen molar-refractivity contribution in [3.05, 3.63) is 32.6 Å². The zero-order chi connectivity index (χ0) is 25.4. The molecule has 0 saturated carbocycles. The van der Waals surface area contributed by atoms with Crippen LogP contribution in [0, 0.1) is 6.92 Å². The fourth-order valence-electron chi connectivity index (χ4n) is 3.40. The Morgan fingerprint density at radius 3 is 2.47 bits per heavy atom. The molecule has 2 fully saturated rings. The number of ether oxygens (including phenoxy) is 2. The van der Waals surface area contributed by atoms with Gasteiger partial charge in [-0.2, -0.15) is 0 Å². The summed E-state index contributed by atoms with van der Waals surface area (Å²) in [7, 11) is -11.1. The summed E-state index contributed by atoms with van der Waals surface area (Å²) in [4.78, 5) is 49.5. The lowest BCUT2D eigenvalue weighted by atomic mass is 10.0. The number of H-pyrrole nitrogens is 1. The second-order valence-corrected chi connectivity index (χ2v) is 10.8. The summed E-state index contributed by atoms with van der Waals surface area (Å²) in [5, 5.41) is 29.4. The number of hydrogen-bond donors (Lipinski definition) is 4. The van der Waals surface area contributed by atoms with Crippen LogP contribution < -0.4 is 21.0 Å². The van der Waals surface area contributed by atoms with Gasteiger partial charge < -0.3 is 39.1 Å². The molecule has 1 aromatic heterocycles. The molecule has 2 unspecified atom stereocenters. The van der Waals surface area contributed by atoms with E-state index in [0.717, 1.165) is 4.57 Å². The first kappa shape index (κ1) is 27.3. The van der Waals surface area contributed by atoms with Crippen LogP contribution in [0.3, 0.4) is 0 Å². The Kier molecular flexibility index (Phi) is 8.35. The highest BCUT2D eigenvalue weighted by molar-refractivity contribution is 7.59. The minimum atomic E-state index is -5.56. The molecule has 0 amide bonds. The summed E-state index contributed by atoms with van der Waals surface area (Å²) in [5.41, 5.74) is -1.22. The van der Waals surface area contributed by atoms with Gasteiger partial charge in [0, 0.05) is 24.6 Å². The molecule has 194 valence electrons. The van der Waals surface area contributed by atoms with Gasteiger partial charge >= 0.3 is 5.69 Å². The van der Waals surface area contributed by atoms with E-state index in [-0.39, 0.29) is 12.0 Å². The van der Waals surface area contributed by atoms with Crippen molar-refractivity contribution >= 4 is 15.6 Å². The largest absolute Gasteiger partial charge is 0.756 e. The zero-order valence-corrected chi connectivity index (χ0v) is 19.7. The zero-order valence-electron chi connectivity index (χ0n) is 17.9. The summed E-state index contributed by atoms with van der Waals surface area (Å²) in [6.45, 7) is 1.92. The number of hydrogen-bond acceptors (Lipinski definition) is 14. The average Bonchev–Trinajstić information content (AvgIpc) is 3.06. The van der Waals surface area contributed by atoms with E-state index < -0.39 is 83.0 Å². The molecular weight excluding hydrogens is 506 g/mol. The lowest BCUT2D eigenvalue weighted by Crippen LogP contribution is -2.47. The molecule has 3 rings (SSSR count). The molecule has 0 radical (unpaired) electrons. The molecule has 34 heavy (non-hydrogen) atoms. The maximum atomic E-state index is 12.0. The van der Waals surface area contributed by atoms with Crippen molar-refractivity contribution in [1.82, 2.24) is 9.55 Å². The number of phosphoric acid groups is 2. The Hall–Kier alpha value is -1.26. The number of aryl methyl sites for hydroxylation is 1. The highest BCUT2D eigenvalue weighted by atomic mass is 31.3. The van der Waals surface area contributed by atoms with E-state index in [4.69, 9.17) is 9.47 Å². The molecule has 2 saturated heterocycles. The van der Waals surface area contributed by atoms with Crippen LogP contribution in [0.4, 0.5) is 0 Å². The van der Waals surface area contributed by atoms with E-state index in [0.29, 0.717) is 0 Å². The highest BCUT2D eigenvalue weighted by Crippen LogP contribution is 2.57. The lowest BCUT2D eigenvalue weighted by Gasteiger charge is -2.38. The van der Waals surface area contributed by atoms with Crippen molar-refractivity contribution in [2.24, 2.45) is 0 Å². The Morgan fingerprint density at radius 2 is 1.82 bits per heavy atom. The van der Waals surface area contributed by atoms with Gasteiger partial charge in [-0.25, -0.2) is 9.11 Å². The molecular formula is C16H24N2O14P2-2. The first-order valence-electron chi connectivity index (χ1n) is 10.0. The molecule has 0 aliphatic carbocycles. The Bertz CT molecular complexity index is 1080. The predicted octanol–water partition coefficient (Wildman–Crippen LogP) is -2.66. The van der Waals surface area contributed by atoms with Gasteiger partial charge in [0.25, 0.3) is 21.2 Å². The molecule has 16 nitrogen and oxygen atoms in total. The van der Waals surface area contributed by atoms with E-state index in [9.17, 15) is 43.8 Å². The van der Waals surface area contributed by atoms with Crippen LogP contribution >= 0.6 is 15.6 Å². The standard InChI is InChI=1S/C16H26N2O14P2/c1-7-5-18(16(23)17-15(7)22)12-3-9(19)11(30-12)6-28-33(24,25)32-34(26,27)31-13-4-10(20)14(21)8(2)29-13/h5,8-14,19-21H,3-4,6H2,1-2H3,(H,24,25)(H,26,27)(H,17,22,23)/p-2/t8-,9-,10-,11+,12+,13+,14-/m0/s1. The minimum absolute atomic E-state index is 0.155. The monoisotopic (exact) mass is 530 g/mol. The fraction of sp³-hybridized carbons (Fsp3) is 0.750. The smallest absolute Gasteiger partial charge is 0.330 e. The third-order valence-corrected chi connectivity index (χ3v) is 7.74. The van der Waals surface area contributed by atoms with E-state index in [2.05, 4.69) is 18.3 Å². The average molecular weight is 530 g/mol. The van der Waals surface area contributed by atoms with E-state index in [1.165, 1.54) is 20.0 Å². The van der Waals surface area contributed by atoms with E-state index in [1.54, 1.807) is 0 Å². The van der Waals surface area contributed by atoms with Crippen LogP contribution in [0.5, 0.6) is 0 Å². The van der Waals surface area contributed by atoms with Crippen LogP contribution in [0.2, 0.25) is 0 Å². The van der Waals surface area contributed by atoms with Gasteiger partial charge in [0.2, 0.25) is 0 Å². The third kappa shape index (κ3) is 6.69. The number of aromatic amines is 1. The number of nitrogens with zero attached hydrogens (tertiary/aromatic N) is 1. The van der Waals surface area contributed by atoms with Crippen LogP contribution in [0.25, 0.3) is 0 Å². The quantitative estimate of drug-likeness (QED) is 0.251. The third-order valence-electron chi connectivity index (χ3n) is 5.18. The molecule has 0 spiro atoms. The number of nitrogens with one attached hydrogen (secondary N) is 1. The Balaban J connectivity index is 1.56. The summed E-state index contributed by atoms with van der Waals surface area (Å²) in [5.74, 6) is 0. The second kappa shape index (κ2) is 10.4. The van der Waals surface area contributed by atoms with Crippen molar-refractivity contribution in [3.8, 4) is 0 Å². The van der Waals surface area contributed by atoms with Gasteiger partial charge in [-0.3, -0.25) is 28.0 Å². The number of aliphatic hydroxyl groups excluding tert-OH is 3. The summed E-state index contributed by atoms with van der Waals surface area (Å²) >= 11 is 0. The Morgan fingerprint density at radius 1 is 1.15 bits per heavy atom. The number of rotatable bonds is 8. The van der Waals surface area contributed by atoms with Crippen molar-refractivity contribution in [2.75, 3.05) is 6.61 Å². The molecule has 18 heteroatoms. The first-order chi connectivity index (χ1) is 15.7. The van der Waals surface area contributed by atoms with Gasteiger partial charge in [-0.05, 0) is 13.8 Å². The highest BCUT2D eigenvalue weighted by Gasteiger charge is 2.39. The van der Waals surface area contributed by atoms with Gasteiger partial charge in [0.05, 0.1) is 24.9 Å². The van der Waals surface area contributed by atoms with Gasteiger partial charge in [-0.1, -0.05) is 0 Å². The normalized spacial score (nSPS) is 35.6. The minimum Gasteiger partial charge on any atom is -0.756 e. The second-order valence-electron chi connectivity index (χ2n) is 7.85. The van der Waals surface area contributed by atoms with Crippen LogP contribution in [0.15, 0.2) is 15.8 Å². The summed E-state index contributed by atoms with van der Waals surface area (Å²) in [6, 6.07) is 0. The molecule has 9 atom stereocenters. The number of aromatic nitrogens is 2. The number of aliphatic hydroxyl groups is 3. The topological polar surface area (TPSA) is 242 Å². The van der Waals surface area contributed by atoms with Crippen molar-refractivity contribution in [3.63, 3.8) is 0 Å². The molecule has 3 heterocycles. The van der Waals surface area contributed by atoms with Crippen molar-refractivity contribution < 1.29 is 57.1 Å². The molecule has 0 bridgehead atoms. The molecule has 4 N–H and O–H groups in total. The summed E-state index contributed by atoms with van der Waals surface area (Å²) in [6.07, 6.45) is -8.36. The molecule has 1 aromatic rings. The maximum Gasteiger partial charge on any atom is 0.330 e. The van der Waals surface area contributed by atoms with Crippen LogP contribution in [-0.4, -0.2) is 68.3 Å². The van der Waals surface area contributed by atoms with Crippen molar-refractivity contribution in [1.29, 1.82) is 0 Å². The van der Waals surface area contributed by atoms with Gasteiger partial charge in [-0.15, -0.1) is 0 Å². The van der Waals surface area contributed by atoms with Gasteiger partial charge in [0.15, 0.2) is 6.29 Å². The van der Waals surface area contributed by atoms with E-state index >= 15 is 0 Å². The summed E-state index contributed by atoms with van der Waals surface area (Å²) < 4.78 is 48.4. The maximum absolute atomic E-state index is 12.0. The SMILES string of the molecule is Cc1cn([C@H]2C[C@H](O)[C@@H](COP(=O)([O-])OP(=O)([O-])O[C@@H]3C[C@H](O)[C@@H](O)[C@H](C)O3)O2)c(=O)[nH]c1=O. The molecule has 0 aromatic carbocycles. The van der Waals surface area contributed by atoms with Gasteiger partial charge in [0.1, 0.15) is 18.4 Å². The first-order valence-corrected chi connectivity index (χ1v) is 12.9. The van der Waals surface area contributed by atoms with Crippen LogP contribution in [0.1, 0.15) is 31.6 Å². The predicted molar refractivity (Wildman–Crippen MR) is 105 cm³/mol. The molecule has 2 aliphatic rings.